The quantitative estimate of drug-likeness (QED) is 0.412. The fourth-order valence-electron chi connectivity index (χ4n) is 2.08. The van der Waals surface area contributed by atoms with E-state index in [9.17, 15) is 14.9 Å². The van der Waals surface area contributed by atoms with Gasteiger partial charge in [0.05, 0.1) is 4.92 Å². The van der Waals surface area contributed by atoms with Crippen molar-refractivity contribution in [2.24, 2.45) is 0 Å². The Bertz CT molecular complexity index is 856. The first-order valence-electron chi connectivity index (χ1n) is 6.52. The molecule has 0 aliphatic rings. The van der Waals surface area contributed by atoms with Gasteiger partial charge >= 0.3 is 11.0 Å². The number of nitrogens with zero attached hydrogens (tertiary/aromatic N) is 1. The number of hydrogen-bond donors (Lipinski definition) is 0. The van der Waals surface area contributed by atoms with Gasteiger partial charge in [-0.1, -0.05) is 47.7 Å². The first kappa shape index (κ1) is 14.2. The van der Waals surface area contributed by atoms with E-state index in [-0.39, 0.29) is 16.5 Å². The lowest BCUT2D eigenvalue weighted by atomic mass is 10.1. The molecule has 110 valence electrons. The van der Waals surface area contributed by atoms with E-state index in [0.717, 1.165) is 27.7 Å². The van der Waals surface area contributed by atoms with Crippen molar-refractivity contribution >= 4 is 33.1 Å². The smallest absolute Gasteiger partial charge is 0.348 e. The normalized spacial score (nSPS) is 10.5. The maximum atomic E-state index is 11.9. The lowest BCUT2D eigenvalue weighted by Crippen LogP contribution is -2.03. The van der Waals surface area contributed by atoms with Gasteiger partial charge in [-0.25, -0.2) is 4.79 Å². The van der Waals surface area contributed by atoms with Crippen molar-refractivity contribution in [1.29, 1.82) is 0 Å². The Morgan fingerprint density at radius 2 is 1.86 bits per heavy atom. The molecule has 3 rings (SSSR count). The summed E-state index contributed by atoms with van der Waals surface area (Å²) in [6.07, 6.45) is 0. The van der Waals surface area contributed by atoms with Crippen LogP contribution >= 0.6 is 11.3 Å². The minimum atomic E-state index is -0.550. The maximum absolute atomic E-state index is 11.9. The molecule has 0 amide bonds. The molecule has 0 bridgehead atoms. The Kier molecular flexibility index (Phi) is 3.84. The fraction of sp³-hybridized carbons (Fsp3) is 0.0625. The van der Waals surface area contributed by atoms with Gasteiger partial charge in [-0.15, -0.1) is 0 Å². The number of carbonyl (C=O) groups is 1. The van der Waals surface area contributed by atoms with E-state index in [4.69, 9.17) is 4.74 Å². The number of benzene rings is 2. The zero-order valence-corrected chi connectivity index (χ0v) is 12.2. The van der Waals surface area contributed by atoms with Crippen LogP contribution in [-0.4, -0.2) is 10.9 Å². The number of hydrogen-bond acceptors (Lipinski definition) is 5. The molecule has 0 saturated heterocycles. The summed E-state index contributed by atoms with van der Waals surface area (Å²) in [5.41, 5.74) is 0.873. The molecule has 5 nitrogen and oxygen atoms in total. The van der Waals surface area contributed by atoms with Crippen LogP contribution in [-0.2, 0) is 11.3 Å². The van der Waals surface area contributed by atoms with E-state index in [0.29, 0.717) is 0 Å². The average molecular weight is 313 g/mol. The van der Waals surface area contributed by atoms with Crippen LogP contribution in [0.15, 0.2) is 54.6 Å². The Morgan fingerprint density at radius 3 is 2.59 bits per heavy atom. The van der Waals surface area contributed by atoms with Gasteiger partial charge in [-0.05, 0) is 28.5 Å². The molecule has 0 atom stereocenters. The first-order chi connectivity index (χ1) is 10.6. The predicted octanol–water partition coefficient (Wildman–Crippen LogP) is 4.17. The minimum Gasteiger partial charge on any atom is -0.457 e. The molecule has 0 fully saturated rings. The summed E-state index contributed by atoms with van der Waals surface area (Å²) in [7, 11) is 0. The highest BCUT2D eigenvalue weighted by molar-refractivity contribution is 7.17. The minimum absolute atomic E-state index is 0.0716. The molecule has 0 N–H and O–H groups in total. The molecular weight excluding hydrogens is 302 g/mol. The van der Waals surface area contributed by atoms with Gasteiger partial charge in [-0.3, -0.25) is 10.1 Å². The van der Waals surface area contributed by atoms with Crippen molar-refractivity contribution in [2.45, 2.75) is 6.61 Å². The molecule has 1 aromatic heterocycles. The van der Waals surface area contributed by atoms with E-state index >= 15 is 0 Å². The molecule has 6 heteroatoms. The zero-order valence-electron chi connectivity index (χ0n) is 11.4. The Morgan fingerprint density at radius 1 is 1.09 bits per heavy atom. The number of rotatable bonds is 4. The Labute approximate surface area is 129 Å². The highest BCUT2D eigenvalue weighted by Gasteiger charge is 2.16. The molecule has 0 aliphatic carbocycles. The SMILES string of the molecule is O=C(OCc1ccc2ccccc2c1)c1ccc([N+](=O)[O-])s1. The summed E-state index contributed by atoms with van der Waals surface area (Å²) in [6, 6.07) is 16.4. The van der Waals surface area contributed by atoms with Gasteiger partial charge in [0.25, 0.3) is 0 Å². The van der Waals surface area contributed by atoms with Crippen LogP contribution in [0.2, 0.25) is 0 Å². The molecule has 0 unspecified atom stereocenters. The van der Waals surface area contributed by atoms with Crippen molar-refractivity contribution < 1.29 is 14.5 Å². The van der Waals surface area contributed by atoms with Crippen molar-refractivity contribution in [3.8, 4) is 0 Å². The van der Waals surface area contributed by atoms with Gasteiger partial charge in [0, 0.05) is 6.07 Å². The predicted molar refractivity (Wildman–Crippen MR) is 84.0 cm³/mol. The number of fused-ring (bicyclic) bond motifs is 1. The topological polar surface area (TPSA) is 69.4 Å². The second-order valence-electron chi connectivity index (χ2n) is 4.65. The van der Waals surface area contributed by atoms with Crippen molar-refractivity contribution in [1.82, 2.24) is 0 Å². The van der Waals surface area contributed by atoms with E-state index in [2.05, 4.69) is 0 Å². The Hall–Kier alpha value is -2.73. The Balaban J connectivity index is 1.70. The van der Waals surface area contributed by atoms with Crippen LogP contribution < -0.4 is 0 Å². The van der Waals surface area contributed by atoms with Gasteiger partial charge in [0.1, 0.15) is 11.5 Å². The molecule has 0 spiro atoms. The molecule has 0 radical (unpaired) electrons. The summed E-state index contributed by atoms with van der Waals surface area (Å²) < 4.78 is 5.20. The van der Waals surface area contributed by atoms with Crippen LogP contribution in [0, 0.1) is 10.1 Å². The number of carbonyl (C=O) groups excluding carboxylic acids is 1. The molecule has 0 aliphatic heterocycles. The zero-order chi connectivity index (χ0) is 15.5. The largest absolute Gasteiger partial charge is 0.457 e. The highest BCUT2D eigenvalue weighted by atomic mass is 32.1. The van der Waals surface area contributed by atoms with Crippen LogP contribution in [0.25, 0.3) is 10.8 Å². The summed E-state index contributed by atoms with van der Waals surface area (Å²) in [4.78, 5) is 22.2. The van der Waals surface area contributed by atoms with Crippen LogP contribution in [0.5, 0.6) is 0 Å². The first-order valence-corrected chi connectivity index (χ1v) is 7.34. The monoisotopic (exact) mass is 313 g/mol. The lowest BCUT2D eigenvalue weighted by molar-refractivity contribution is -0.380. The summed E-state index contributed by atoms with van der Waals surface area (Å²) in [5.74, 6) is -0.550. The molecule has 0 saturated carbocycles. The van der Waals surface area contributed by atoms with E-state index < -0.39 is 10.9 Å². The van der Waals surface area contributed by atoms with Crippen LogP contribution in [0.1, 0.15) is 15.2 Å². The summed E-state index contributed by atoms with van der Waals surface area (Å²) in [6.45, 7) is 0.134. The summed E-state index contributed by atoms with van der Waals surface area (Å²) in [5, 5.41) is 12.7. The third kappa shape index (κ3) is 2.96. The van der Waals surface area contributed by atoms with Gasteiger partial charge < -0.3 is 4.74 Å². The van der Waals surface area contributed by atoms with E-state index in [1.165, 1.54) is 12.1 Å². The third-order valence-electron chi connectivity index (χ3n) is 3.16. The molecule has 22 heavy (non-hydrogen) atoms. The van der Waals surface area contributed by atoms with Gasteiger partial charge in [0.15, 0.2) is 0 Å². The van der Waals surface area contributed by atoms with Gasteiger partial charge in [0.2, 0.25) is 0 Å². The average Bonchev–Trinajstić information content (AvgIpc) is 3.03. The third-order valence-corrected chi connectivity index (χ3v) is 4.17. The number of esters is 1. The number of nitro groups is 1. The molecule has 2 aromatic carbocycles. The van der Waals surface area contributed by atoms with Crippen molar-refractivity contribution in [3.05, 3.63) is 75.2 Å². The van der Waals surface area contributed by atoms with Crippen molar-refractivity contribution in [2.75, 3.05) is 0 Å². The van der Waals surface area contributed by atoms with E-state index in [1.807, 2.05) is 42.5 Å². The van der Waals surface area contributed by atoms with Gasteiger partial charge in [-0.2, -0.15) is 0 Å². The number of thiophene rings is 1. The van der Waals surface area contributed by atoms with Crippen LogP contribution in [0.3, 0.4) is 0 Å². The van der Waals surface area contributed by atoms with Crippen LogP contribution in [0.4, 0.5) is 5.00 Å². The second kappa shape index (κ2) is 5.95. The fourth-order valence-corrected chi connectivity index (χ4v) is 2.80. The number of ether oxygens (including phenoxy) is 1. The standard InChI is InChI=1S/C16H11NO4S/c18-16(14-7-8-15(22-14)17(19)20)21-10-11-5-6-12-3-1-2-4-13(12)9-11/h1-9H,10H2. The molecule has 3 aromatic rings. The summed E-state index contributed by atoms with van der Waals surface area (Å²) >= 11 is 0.813. The highest BCUT2D eigenvalue weighted by Crippen LogP contribution is 2.25. The van der Waals surface area contributed by atoms with E-state index in [1.54, 1.807) is 0 Å². The second-order valence-corrected chi connectivity index (χ2v) is 5.71. The maximum Gasteiger partial charge on any atom is 0.348 e. The molecular formula is C16H11NO4S. The lowest BCUT2D eigenvalue weighted by Gasteiger charge is -2.05. The molecule has 1 heterocycles. The van der Waals surface area contributed by atoms with Crippen molar-refractivity contribution in [3.63, 3.8) is 0 Å².